The van der Waals surface area contributed by atoms with Crippen LogP contribution in [0.3, 0.4) is 0 Å². The second-order valence-electron chi connectivity index (χ2n) is 4.13. The summed E-state index contributed by atoms with van der Waals surface area (Å²) in [6, 6.07) is -1.30. The van der Waals surface area contributed by atoms with E-state index in [0.717, 1.165) is 19.6 Å². The van der Waals surface area contributed by atoms with E-state index in [9.17, 15) is 9.59 Å². The molecule has 2 unspecified atom stereocenters. The van der Waals surface area contributed by atoms with Crippen LogP contribution in [0.4, 0.5) is 0 Å². The first-order chi connectivity index (χ1) is 8.46. The van der Waals surface area contributed by atoms with Crippen LogP contribution in [-0.4, -0.2) is 55.1 Å². The molecule has 0 fully saturated rings. The largest absolute Gasteiger partial charge is 0.464 e. The number of likely N-dealkylation sites (N-methyl/N-ethyl adjacent to an activating group) is 1. The highest BCUT2D eigenvalue weighted by Crippen LogP contribution is 1.93. The van der Waals surface area contributed by atoms with Crippen LogP contribution in [0.25, 0.3) is 0 Å². The molecule has 0 aromatic heterocycles. The summed E-state index contributed by atoms with van der Waals surface area (Å²) in [6.07, 6.45) is 0. The minimum atomic E-state index is -1.25. The number of nitrogens with two attached hydrogens (primary N) is 1. The van der Waals surface area contributed by atoms with E-state index < -0.39 is 17.9 Å². The van der Waals surface area contributed by atoms with Crippen LogP contribution in [0.2, 0.25) is 0 Å². The second-order valence-corrected chi connectivity index (χ2v) is 4.13. The van der Waals surface area contributed by atoms with Crippen LogP contribution in [0, 0.1) is 0 Å². The molecule has 0 aliphatic heterocycles. The van der Waals surface area contributed by atoms with Gasteiger partial charge in [-0.15, -0.1) is 0 Å². The molecule has 0 saturated heterocycles. The Kier molecular flexibility index (Phi) is 8.32. The smallest absolute Gasteiger partial charge is 0.332 e. The van der Waals surface area contributed by atoms with Gasteiger partial charge in [-0.2, -0.15) is 0 Å². The zero-order chi connectivity index (χ0) is 14.1. The van der Waals surface area contributed by atoms with Gasteiger partial charge < -0.3 is 20.7 Å². The van der Waals surface area contributed by atoms with Crippen molar-refractivity contribution in [3.05, 3.63) is 0 Å². The Labute approximate surface area is 109 Å². The number of esters is 1. The first-order valence-electron chi connectivity index (χ1n) is 6.41. The molecule has 1 amide bonds. The first-order valence-corrected chi connectivity index (χ1v) is 6.41. The van der Waals surface area contributed by atoms with E-state index in [4.69, 9.17) is 10.5 Å². The Bertz CT molecular complexity index is 267. The number of hydrogen-bond acceptors (Lipinski definition) is 5. The van der Waals surface area contributed by atoms with E-state index in [1.165, 1.54) is 0 Å². The summed E-state index contributed by atoms with van der Waals surface area (Å²) in [4.78, 5) is 25.1. The van der Waals surface area contributed by atoms with Gasteiger partial charge in [-0.1, -0.05) is 13.8 Å². The number of carbonyl (C=O) groups is 2. The third-order valence-electron chi connectivity index (χ3n) is 2.64. The van der Waals surface area contributed by atoms with Crippen LogP contribution in [0.5, 0.6) is 0 Å². The molecule has 0 aliphatic carbocycles. The van der Waals surface area contributed by atoms with Gasteiger partial charge in [0.15, 0.2) is 6.04 Å². The molecule has 3 N–H and O–H groups in total. The summed E-state index contributed by atoms with van der Waals surface area (Å²) < 4.78 is 4.69. The molecule has 106 valence electrons. The van der Waals surface area contributed by atoms with Crippen molar-refractivity contribution >= 4 is 11.9 Å². The highest BCUT2D eigenvalue weighted by atomic mass is 16.5. The third kappa shape index (κ3) is 5.97. The molecule has 18 heavy (non-hydrogen) atoms. The minimum Gasteiger partial charge on any atom is -0.464 e. The Morgan fingerprint density at radius 1 is 1.28 bits per heavy atom. The Hall–Kier alpha value is -1.14. The predicted octanol–water partition coefficient (Wildman–Crippen LogP) is -0.277. The van der Waals surface area contributed by atoms with Gasteiger partial charge in [0.2, 0.25) is 5.91 Å². The van der Waals surface area contributed by atoms with Gasteiger partial charge in [0.25, 0.3) is 0 Å². The summed E-state index contributed by atoms with van der Waals surface area (Å²) in [7, 11) is 0. The third-order valence-corrected chi connectivity index (χ3v) is 2.64. The van der Waals surface area contributed by atoms with Crippen molar-refractivity contribution in [3.63, 3.8) is 0 Å². The number of rotatable bonds is 8. The number of carbonyl (C=O) groups excluding carboxylic acids is 2. The van der Waals surface area contributed by atoms with Gasteiger partial charge in [0, 0.05) is 12.6 Å². The first kappa shape index (κ1) is 16.9. The van der Waals surface area contributed by atoms with Crippen molar-refractivity contribution in [2.45, 2.75) is 39.8 Å². The Morgan fingerprint density at radius 2 is 1.83 bits per heavy atom. The molecule has 0 rings (SSSR count). The van der Waals surface area contributed by atoms with Crippen molar-refractivity contribution in [2.75, 3.05) is 26.2 Å². The quantitative estimate of drug-likeness (QED) is 0.463. The lowest BCUT2D eigenvalue weighted by atomic mass is 10.2. The van der Waals surface area contributed by atoms with Crippen LogP contribution in [-0.2, 0) is 14.3 Å². The molecule has 0 heterocycles. The zero-order valence-corrected chi connectivity index (χ0v) is 11.7. The van der Waals surface area contributed by atoms with Gasteiger partial charge in [-0.25, -0.2) is 4.79 Å². The molecule has 0 aliphatic rings. The maximum atomic E-state index is 11.7. The number of ether oxygens (including phenoxy) is 1. The van der Waals surface area contributed by atoms with E-state index >= 15 is 0 Å². The van der Waals surface area contributed by atoms with Crippen LogP contribution in [0.1, 0.15) is 27.7 Å². The van der Waals surface area contributed by atoms with Crippen LogP contribution in [0.15, 0.2) is 0 Å². The lowest BCUT2D eigenvalue weighted by Gasteiger charge is -2.24. The molecule has 0 aromatic rings. The molecule has 0 spiro atoms. The monoisotopic (exact) mass is 259 g/mol. The molecule has 2 atom stereocenters. The molecular formula is C12H25N3O3. The number of nitrogens with one attached hydrogen (secondary N) is 1. The molecule has 6 nitrogen and oxygen atoms in total. The van der Waals surface area contributed by atoms with Crippen molar-refractivity contribution in [3.8, 4) is 0 Å². The molecule has 0 aromatic carbocycles. The van der Waals surface area contributed by atoms with E-state index in [0.29, 0.717) is 0 Å². The minimum absolute atomic E-state index is 0.0575. The molecule has 0 saturated carbocycles. The molecule has 0 radical (unpaired) electrons. The summed E-state index contributed by atoms with van der Waals surface area (Å²) >= 11 is 0. The van der Waals surface area contributed by atoms with Crippen molar-refractivity contribution < 1.29 is 14.3 Å². The summed E-state index contributed by atoms with van der Waals surface area (Å²) in [5.41, 5.74) is 5.49. The fourth-order valence-corrected chi connectivity index (χ4v) is 1.59. The number of nitrogens with zero attached hydrogens (tertiary/aromatic N) is 1. The van der Waals surface area contributed by atoms with Crippen LogP contribution >= 0.6 is 0 Å². The highest BCUT2D eigenvalue weighted by molar-refractivity contribution is 6.01. The summed E-state index contributed by atoms with van der Waals surface area (Å²) in [5.74, 6) is -1.18. The van der Waals surface area contributed by atoms with E-state index in [2.05, 4.69) is 24.1 Å². The maximum absolute atomic E-state index is 11.7. The standard InChI is InChI=1S/C12H25N3O3/c1-5-15(6-2)8-9(4)14-11(16)10(13)12(17)18-7-3/h9-10H,5-8,13H2,1-4H3,(H,14,16). The van der Waals surface area contributed by atoms with Gasteiger partial charge in [0.05, 0.1) is 6.61 Å². The average Bonchev–Trinajstić information content (AvgIpc) is 2.35. The zero-order valence-electron chi connectivity index (χ0n) is 11.7. The van der Waals surface area contributed by atoms with Gasteiger partial charge in [-0.05, 0) is 26.9 Å². The Balaban J connectivity index is 4.17. The Morgan fingerprint density at radius 3 is 2.28 bits per heavy atom. The van der Waals surface area contributed by atoms with Crippen LogP contribution < -0.4 is 11.1 Å². The van der Waals surface area contributed by atoms with E-state index in [1.54, 1.807) is 6.92 Å². The van der Waals surface area contributed by atoms with Gasteiger partial charge in [-0.3, -0.25) is 4.79 Å². The molecule has 0 bridgehead atoms. The normalized spacial score (nSPS) is 14.1. The topological polar surface area (TPSA) is 84.7 Å². The lowest BCUT2D eigenvalue weighted by molar-refractivity contribution is -0.148. The molecule has 6 heteroatoms. The summed E-state index contributed by atoms with van der Waals surface area (Å²) in [5, 5.41) is 2.71. The average molecular weight is 259 g/mol. The van der Waals surface area contributed by atoms with E-state index in [-0.39, 0.29) is 12.6 Å². The molecular weight excluding hydrogens is 234 g/mol. The second kappa shape index (κ2) is 8.88. The summed E-state index contributed by atoms with van der Waals surface area (Å²) in [6.45, 7) is 10.5. The van der Waals surface area contributed by atoms with Crippen molar-refractivity contribution in [1.29, 1.82) is 0 Å². The fourth-order valence-electron chi connectivity index (χ4n) is 1.59. The maximum Gasteiger partial charge on any atom is 0.332 e. The van der Waals surface area contributed by atoms with Crippen molar-refractivity contribution in [1.82, 2.24) is 10.2 Å². The number of hydrogen-bond donors (Lipinski definition) is 2. The number of amides is 1. The van der Waals surface area contributed by atoms with Crippen molar-refractivity contribution in [2.24, 2.45) is 5.73 Å². The van der Waals surface area contributed by atoms with E-state index in [1.807, 2.05) is 6.92 Å². The fraction of sp³-hybridized carbons (Fsp3) is 0.833. The SMILES string of the molecule is CCOC(=O)C(N)C(=O)NC(C)CN(CC)CC. The lowest BCUT2D eigenvalue weighted by Crippen LogP contribution is -2.51. The predicted molar refractivity (Wildman–Crippen MR) is 70.0 cm³/mol. The van der Waals surface area contributed by atoms with Gasteiger partial charge in [0.1, 0.15) is 0 Å². The highest BCUT2D eigenvalue weighted by Gasteiger charge is 2.24. The van der Waals surface area contributed by atoms with Gasteiger partial charge >= 0.3 is 5.97 Å².